The van der Waals surface area contributed by atoms with Crippen LogP contribution in [0.1, 0.15) is 33.1 Å². The van der Waals surface area contributed by atoms with E-state index in [1.165, 1.54) is 6.42 Å². The Morgan fingerprint density at radius 2 is 1.73 bits per heavy atom. The first kappa shape index (κ1) is 9.01. The zero-order valence-corrected chi connectivity index (χ0v) is 7.59. The molecule has 0 heterocycles. The molecule has 1 fully saturated rings. The Labute approximate surface area is 69.3 Å². The molecule has 0 amide bonds. The molecule has 2 nitrogen and oxygen atoms in total. The van der Waals surface area contributed by atoms with Crippen LogP contribution in [-0.4, -0.2) is 12.1 Å². The normalized spacial score (nSPS) is 39.5. The third kappa shape index (κ3) is 2.17. The Kier molecular flexibility index (Phi) is 2.90. The summed E-state index contributed by atoms with van der Waals surface area (Å²) in [7, 11) is 0. The van der Waals surface area contributed by atoms with E-state index in [9.17, 15) is 0 Å². The van der Waals surface area contributed by atoms with E-state index in [1.807, 2.05) is 0 Å². The smallest absolute Gasteiger partial charge is 0.0195 e. The molecule has 1 aliphatic carbocycles. The standard InChI is InChI=1S/C9H20N2/c1-6(2)7-3-4-8(10)9(11)5-7/h6-9H,3-5,10-11H2,1-2H3. The first-order chi connectivity index (χ1) is 5.11. The van der Waals surface area contributed by atoms with Crippen LogP contribution in [-0.2, 0) is 0 Å². The van der Waals surface area contributed by atoms with Gasteiger partial charge in [0.15, 0.2) is 0 Å². The molecule has 4 N–H and O–H groups in total. The van der Waals surface area contributed by atoms with Gasteiger partial charge in [-0.05, 0) is 31.1 Å². The Morgan fingerprint density at radius 1 is 1.09 bits per heavy atom. The Balaban J connectivity index is 2.40. The fraction of sp³-hybridized carbons (Fsp3) is 1.00. The van der Waals surface area contributed by atoms with E-state index >= 15 is 0 Å². The molecule has 0 aromatic heterocycles. The molecular formula is C9H20N2. The SMILES string of the molecule is CC(C)C1CCC(N)C(N)C1. The zero-order chi connectivity index (χ0) is 8.43. The van der Waals surface area contributed by atoms with Gasteiger partial charge < -0.3 is 11.5 Å². The Hall–Kier alpha value is -0.0800. The van der Waals surface area contributed by atoms with Crippen molar-refractivity contribution in [2.75, 3.05) is 0 Å². The van der Waals surface area contributed by atoms with Crippen LogP contribution in [0.25, 0.3) is 0 Å². The van der Waals surface area contributed by atoms with Crippen LogP contribution in [0.4, 0.5) is 0 Å². The predicted octanol–water partition coefficient (Wildman–Crippen LogP) is 1.10. The van der Waals surface area contributed by atoms with Gasteiger partial charge in [0.2, 0.25) is 0 Å². The van der Waals surface area contributed by atoms with Gasteiger partial charge in [0, 0.05) is 12.1 Å². The van der Waals surface area contributed by atoms with Gasteiger partial charge in [-0.1, -0.05) is 13.8 Å². The van der Waals surface area contributed by atoms with Crippen LogP contribution in [0.2, 0.25) is 0 Å². The number of nitrogens with two attached hydrogens (primary N) is 2. The van der Waals surface area contributed by atoms with Gasteiger partial charge in [-0.3, -0.25) is 0 Å². The first-order valence-electron chi connectivity index (χ1n) is 4.62. The van der Waals surface area contributed by atoms with Gasteiger partial charge in [0.1, 0.15) is 0 Å². The van der Waals surface area contributed by atoms with Crippen molar-refractivity contribution in [1.82, 2.24) is 0 Å². The molecule has 0 aromatic rings. The molecule has 0 aromatic carbocycles. The van der Waals surface area contributed by atoms with Crippen LogP contribution in [0.3, 0.4) is 0 Å². The molecule has 1 saturated carbocycles. The van der Waals surface area contributed by atoms with Crippen LogP contribution in [0.15, 0.2) is 0 Å². The molecule has 0 saturated heterocycles. The predicted molar refractivity (Wildman–Crippen MR) is 48.1 cm³/mol. The summed E-state index contributed by atoms with van der Waals surface area (Å²) in [5.41, 5.74) is 11.7. The highest BCUT2D eigenvalue weighted by atomic mass is 14.8. The summed E-state index contributed by atoms with van der Waals surface area (Å²) in [5, 5.41) is 0. The minimum absolute atomic E-state index is 0.246. The van der Waals surface area contributed by atoms with Crippen LogP contribution >= 0.6 is 0 Å². The molecule has 0 radical (unpaired) electrons. The van der Waals surface area contributed by atoms with E-state index in [1.54, 1.807) is 0 Å². The third-order valence-corrected chi connectivity index (χ3v) is 2.94. The lowest BCUT2D eigenvalue weighted by Gasteiger charge is -2.33. The van der Waals surface area contributed by atoms with Crippen molar-refractivity contribution < 1.29 is 0 Å². The van der Waals surface area contributed by atoms with Crippen molar-refractivity contribution >= 4 is 0 Å². The van der Waals surface area contributed by atoms with Crippen LogP contribution in [0, 0.1) is 11.8 Å². The average Bonchev–Trinajstić information content (AvgIpc) is 1.94. The molecule has 0 spiro atoms. The quantitative estimate of drug-likeness (QED) is 0.597. The maximum absolute atomic E-state index is 5.88. The van der Waals surface area contributed by atoms with Crippen LogP contribution in [0.5, 0.6) is 0 Å². The summed E-state index contributed by atoms with van der Waals surface area (Å²) in [4.78, 5) is 0. The van der Waals surface area contributed by atoms with E-state index in [0.717, 1.165) is 24.7 Å². The molecule has 1 aliphatic rings. The fourth-order valence-electron chi connectivity index (χ4n) is 1.87. The highest BCUT2D eigenvalue weighted by Crippen LogP contribution is 2.28. The second kappa shape index (κ2) is 3.55. The van der Waals surface area contributed by atoms with E-state index in [0.29, 0.717) is 0 Å². The zero-order valence-electron chi connectivity index (χ0n) is 7.59. The largest absolute Gasteiger partial charge is 0.326 e. The van der Waals surface area contributed by atoms with E-state index < -0.39 is 0 Å². The van der Waals surface area contributed by atoms with Gasteiger partial charge >= 0.3 is 0 Å². The summed E-state index contributed by atoms with van der Waals surface area (Å²) in [6.45, 7) is 4.54. The molecule has 66 valence electrons. The molecule has 2 heteroatoms. The number of rotatable bonds is 1. The number of hydrogen-bond acceptors (Lipinski definition) is 2. The monoisotopic (exact) mass is 156 g/mol. The maximum Gasteiger partial charge on any atom is 0.0195 e. The first-order valence-corrected chi connectivity index (χ1v) is 4.62. The van der Waals surface area contributed by atoms with E-state index in [-0.39, 0.29) is 12.1 Å². The van der Waals surface area contributed by atoms with Crippen LogP contribution < -0.4 is 11.5 Å². The topological polar surface area (TPSA) is 52.0 Å². The van der Waals surface area contributed by atoms with Crippen molar-refractivity contribution in [2.45, 2.75) is 45.2 Å². The Morgan fingerprint density at radius 3 is 2.18 bits per heavy atom. The molecule has 0 bridgehead atoms. The van der Waals surface area contributed by atoms with Gasteiger partial charge in [0.05, 0.1) is 0 Å². The number of hydrogen-bond donors (Lipinski definition) is 2. The summed E-state index contributed by atoms with van der Waals surface area (Å²) >= 11 is 0. The summed E-state index contributed by atoms with van der Waals surface area (Å²) < 4.78 is 0. The van der Waals surface area contributed by atoms with E-state index in [4.69, 9.17) is 11.5 Å². The van der Waals surface area contributed by atoms with Gasteiger partial charge in [-0.15, -0.1) is 0 Å². The lowest BCUT2D eigenvalue weighted by Crippen LogP contribution is -2.46. The lowest BCUT2D eigenvalue weighted by atomic mass is 9.77. The lowest BCUT2D eigenvalue weighted by molar-refractivity contribution is 0.234. The summed E-state index contributed by atoms with van der Waals surface area (Å²) in [5.74, 6) is 1.58. The van der Waals surface area contributed by atoms with Gasteiger partial charge in [0.25, 0.3) is 0 Å². The van der Waals surface area contributed by atoms with Crippen molar-refractivity contribution in [1.29, 1.82) is 0 Å². The molecule has 11 heavy (non-hydrogen) atoms. The van der Waals surface area contributed by atoms with Crippen molar-refractivity contribution in [3.8, 4) is 0 Å². The maximum atomic E-state index is 5.88. The fourth-order valence-corrected chi connectivity index (χ4v) is 1.87. The third-order valence-electron chi connectivity index (χ3n) is 2.94. The van der Waals surface area contributed by atoms with Crippen molar-refractivity contribution in [3.05, 3.63) is 0 Å². The molecular weight excluding hydrogens is 136 g/mol. The molecule has 0 aliphatic heterocycles. The highest BCUT2D eigenvalue weighted by Gasteiger charge is 2.26. The summed E-state index contributed by atoms with van der Waals surface area (Å²) in [6, 6.07) is 0.501. The second-order valence-corrected chi connectivity index (χ2v) is 4.14. The van der Waals surface area contributed by atoms with Gasteiger partial charge in [-0.25, -0.2) is 0 Å². The highest BCUT2D eigenvalue weighted by molar-refractivity contribution is 4.85. The van der Waals surface area contributed by atoms with Gasteiger partial charge in [-0.2, -0.15) is 0 Å². The second-order valence-electron chi connectivity index (χ2n) is 4.14. The van der Waals surface area contributed by atoms with Crippen molar-refractivity contribution in [2.24, 2.45) is 23.3 Å². The minimum Gasteiger partial charge on any atom is -0.326 e. The Bertz CT molecular complexity index is 123. The van der Waals surface area contributed by atoms with Crippen molar-refractivity contribution in [3.63, 3.8) is 0 Å². The molecule has 1 rings (SSSR count). The summed E-state index contributed by atoms with van der Waals surface area (Å²) in [6.07, 6.45) is 3.51. The molecule has 3 unspecified atom stereocenters. The molecule has 3 atom stereocenters. The van der Waals surface area contributed by atoms with E-state index in [2.05, 4.69) is 13.8 Å². The average molecular weight is 156 g/mol. The minimum atomic E-state index is 0.246.